The molecule has 2 aromatic heterocycles. The highest BCUT2D eigenvalue weighted by atomic mass is 32.2. The summed E-state index contributed by atoms with van der Waals surface area (Å²) in [5.74, 6) is -0.783. The minimum atomic E-state index is -0.828. The number of thioether (sulfide) groups is 1. The normalized spacial score (nSPS) is 10.4. The number of nitrogens with zero attached hydrogens (tertiary/aromatic N) is 2. The van der Waals surface area contributed by atoms with Crippen molar-refractivity contribution in [2.75, 3.05) is 5.75 Å². The van der Waals surface area contributed by atoms with Gasteiger partial charge in [-0.2, -0.15) is 0 Å². The maximum Gasteiger partial charge on any atom is 0.313 e. The van der Waals surface area contributed by atoms with Crippen molar-refractivity contribution in [2.45, 2.75) is 4.34 Å². The van der Waals surface area contributed by atoms with Crippen molar-refractivity contribution in [1.29, 1.82) is 0 Å². The Labute approximate surface area is 98.0 Å². The lowest BCUT2D eigenvalue weighted by Gasteiger charge is -1.90. The Morgan fingerprint density at radius 3 is 3.00 bits per heavy atom. The van der Waals surface area contributed by atoms with Crippen molar-refractivity contribution in [2.24, 2.45) is 0 Å². The van der Waals surface area contributed by atoms with Gasteiger partial charge in [-0.15, -0.1) is 22.7 Å². The molecule has 2 heterocycles. The topological polar surface area (TPSA) is 63.1 Å². The average molecular weight is 258 g/mol. The van der Waals surface area contributed by atoms with Crippen LogP contribution in [-0.2, 0) is 4.79 Å². The van der Waals surface area contributed by atoms with Crippen LogP contribution in [0.4, 0.5) is 0 Å². The molecule has 0 aliphatic heterocycles. The fourth-order valence-corrected chi connectivity index (χ4v) is 2.99. The van der Waals surface area contributed by atoms with Crippen molar-refractivity contribution >= 4 is 40.4 Å². The molecule has 0 aromatic carbocycles. The summed E-state index contributed by atoms with van der Waals surface area (Å²) < 4.78 is 0.764. The molecular weight excluding hydrogens is 252 g/mol. The number of carboxylic acids is 1. The van der Waals surface area contributed by atoms with E-state index in [0.29, 0.717) is 0 Å². The van der Waals surface area contributed by atoms with Gasteiger partial charge in [-0.3, -0.25) is 4.79 Å². The third kappa shape index (κ3) is 2.77. The lowest BCUT2D eigenvalue weighted by Crippen LogP contribution is -1.96. The number of carbonyl (C=O) groups is 1. The molecule has 1 N–H and O–H groups in total. The minimum Gasteiger partial charge on any atom is -0.481 e. The Kier molecular flexibility index (Phi) is 3.34. The first-order valence-corrected chi connectivity index (χ1v) is 6.75. The maximum atomic E-state index is 10.4. The zero-order valence-electron chi connectivity index (χ0n) is 7.41. The third-order valence-electron chi connectivity index (χ3n) is 1.50. The summed E-state index contributed by atoms with van der Waals surface area (Å²) in [6.07, 6.45) is 0. The molecule has 2 rings (SSSR count). The highest BCUT2D eigenvalue weighted by Crippen LogP contribution is 2.27. The van der Waals surface area contributed by atoms with Gasteiger partial charge in [0, 0.05) is 10.8 Å². The molecule has 4 nitrogen and oxygen atoms in total. The molecule has 0 radical (unpaired) electrons. The zero-order valence-corrected chi connectivity index (χ0v) is 9.86. The van der Waals surface area contributed by atoms with E-state index in [1.165, 1.54) is 34.4 Å². The van der Waals surface area contributed by atoms with E-state index in [4.69, 9.17) is 5.11 Å². The second-order valence-corrected chi connectivity index (χ2v) is 5.35. The highest BCUT2D eigenvalue weighted by Gasteiger charge is 2.07. The van der Waals surface area contributed by atoms with Crippen LogP contribution in [0, 0.1) is 0 Å². The van der Waals surface area contributed by atoms with Crippen molar-refractivity contribution < 1.29 is 9.90 Å². The monoisotopic (exact) mass is 258 g/mol. The van der Waals surface area contributed by atoms with Crippen molar-refractivity contribution in [1.82, 2.24) is 9.97 Å². The SMILES string of the molecule is O=C(O)CSc1nc(-c2cscn2)cs1. The minimum absolute atomic E-state index is 0.0457. The first-order valence-electron chi connectivity index (χ1n) is 3.94. The van der Waals surface area contributed by atoms with E-state index >= 15 is 0 Å². The summed E-state index contributed by atoms with van der Waals surface area (Å²) >= 11 is 4.19. The highest BCUT2D eigenvalue weighted by molar-refractivity contribution is 8.01. The molecule has 0 saturated carbocycles. The molecule has 78 valence electrons. The van der Waals surface area contributed by atoms with Crippen molar-refractivity contribution in [3.8, 4) is 11.4 Å². The summed E-state index contributed by atoms with van der Waals surface area (Å²) in [6.45, 7) is 0. The number of hydrogen-bond acceptors (Lipinski definition) is 6. The standard InChI is InChI=1S/C8H6N2O2S3/c11-7(12)3-15-8-10-6(2-14-8)5-1-13-4-9-5/h1-2,4H,3H2,(H,11,12). The molecule has 0 fully saturated rings. The molecule has 0 aliphatic rings. The lowest BCUT2D eigenvalue weighted by atomic mass is 10.4. The largest absolute Gasteiger partial charge is 0.481 e. The van der Waals surface area contributed by atoms with Gasteiger partial charge in [0.25, 0.3) is 0 Å². The van der Waals surface area contributed by atoms with Crippen molar-refractivity contribution in [3.05, 3.63) is 16.3 Å². The Morgan fingerprint density at radius 2 is 2.33 bits per heavy atom. The Morgan fingerprint density at radius 1 is 1.47 bits per heavy atom. The van der Waals surface area contributed by atoms with Gasteiger partial charge < -0.3 is 5.11 Å². The van der Waals surface area contributed by atoms with Gasteiger partial charge in [0.15, 0.2) is 4.34 Å². The van der Waals surface area contributed by atoms with E-state index < -0.39 is 5.97 Å². The molecule has 2 aromatic rings. The second-order valence-electron chi connectivity index (χ2n) is 2.55. The van der Waals surface area contributed by atoms with Crippen LogP contribution in [0.25, 0.3) is 11.4 Å². The van der Waals surface area contributed by atoms with Crippen LogP contribution in [0.5, 0.6) is 0 Å². The van der Waals surface area contributed by atoms with Gasteiger partial charge in [0.1, 0.15) is 11.4 Å². The lowest BCUT2D eigenvalue weighted by molar-refractivity contribution is -0.133. The first-order chi connectivity index (χ1) is 7.25. The van der Waals surface area contributed by atoms with Crippen LogP contribution in [-0.4, -0.2) is 26.8 Å². The number of hydrogen-bond donors (Lipinski definition) is 1. The van der Waals surface area contributed by atoms with E-state index in [-0.39, 0.29) is 5.75 Å². The zero-order chi connectivity index (χ0) is 10.7. The quantitative estimate of drug-likeness (QED) is 0.853. The Balaban J connectivity index is 2.08. The summed E-state index contributed by atoms with van der Waals surface area (Å²) in [7, 11) is 0. The van der Waals surface area contributed by atoms with E-state index in [1.54, 1.807) is 5.51 Å². The van der Waals surface area contributed by atoms with E-state index in [0.717, 1.165) is 15.7 Å². The predicted octanol–water partition coefficient (Wildman–Crippen LogP) is 2.44. The van der Waals surface area contributed by atoms with E-state index in [9.17, 15) is 4.79 Å². The molecule has 0 saturated heterocycles. The fourth-order valence-electron chi connectivity index (χ4n) is 0.904. The average Bonchev–Trinajstić information content (AvgIpc) is 2.85. The number of carboxylic acid groups (broad SMARTS) is 1. The number of aromatic nitrogens is 2. The molecular formula is C8H6N2O2S3. The van der Waals surface area contributed by atoms with Gasteiger partial charge in [0.2, 0.25) is 0 Å². The third-order valence-corrected chi connectivity index (χ3v) is 4.09. The van der Waals surface area contributed by atoms with Gasteiger partial charge >= 0.3 is 5.97 Å². The van der Waals surface area contributed by atoms with Crippen LogP contribution < -0.4 is 0 Å². The van der Waals surface area contributed by atoms with Gasteiger partial charge in [-0.1, -0.05) is 11.8 Å². The summed E-state index contributed by atoms with van der Waals surface area (Å²) in [6, 6.07) is 0. The smallest absolute Gasteiger partial charge is 0.313 e. The van der Waals surface area contributed by atoms with Crippen LogP contribution in [0.3, 0.4) is 0 Å². The summed E-state index contributed by atoms with van der Waals surface area (Å²) in [5, 5.41) is 12.3. The van der Waals surface area contributed by atoms with Gasteiger partial charge in [0.05, 0.1) is 11.3 Å². The second kappa shape index (κ2) is 4.73. The van der Waals surface area contributed by atoms with E-state index in [1.807, 2.05) is 10.8 Å². The molecule has 0 atom stereocenters. The predicted molar refractivity (Wildman–Crippen MR) is 61.6 cm³/mol. The van der Waals surface area contributed by atoms with Crippen LogP contribution in [0.1, 0.15) is 0 Å². The van der Waals surface area contributed by atoms with Gasteiger partial charge in [-0.05, 0) is 0 Å². The molecule has 0 amide bonds. The number of thiazole rings is 2. The fraction of sp³-hybridized carbons (Fsp3) is 0.125. The molecule has 0 aliphatic carbocycles. The Bertz CT molecular complexity index is 452. The molecule has 0 unspecified atom stereocenters. The molecule has 7 heteroatoms. The number of rotatable bonds is 4. The summed E-state index contributed by atoms with van der Waals surface area (Å²) in [4.78, 5) is 18.8. The molecule has 0 spiro atoms. The summed E-state index contributed by atoms with van der Waals surface area (Å²) in [5.41, 5.74) is 3.41. The van der Waals surface area contributed by atoms with Crippen LogP contribution in [0.2, 0.25) is 0 Å². The maximum absolute atomic E-state index is 10.4. The first kappa shape index (κ1) is 10.6. The van der Waals surface area contributed by atoms with Crippen molar-refractivity contribution in [3.63, 3.8) is 0 Å². The Hall–Kier alpha value is -0.920. The number of aliphatic carboxylic acids is 1. The van der Waals surface area contributed by atoms with E-state index in [2.05, 4.69) is 9.97 Å². The van der Waals surface area contributed by atoms with Crippen LogP contribution in [0.15, 0.2) is 20.6 Å². The van der Waals surface area contributed by atoms with Crippen LogP contribution >= 0.6 is 34.4 Å². The van der Waals surface area contributed by atoms with Gasteiger partial charge in [-0.25, -0.2) is 9.97 Å². The molecule has 15 heavy (non-hydrogen) atoms. The molecule has 0 bridgehead atoms.